The lowest BCUT2D eigenvalue weighted by Gasteiger charge is -2.45. The molecule has 1 aliphatic carbocycles. The average Bonchev–Trinajstić information content (AvgIpc) is 2.57. The van der Waals surface area contributed by atoms with E-state index >= 15 is 0 Å². The quantitative estimate of drug-likeness (QED) is 0.934. The molecule has 0 bridgehead atoms. The number of para-hydroxylation sites is 1. The highest BCUT2D eigenvalue weighted by atomic mass is 16.4. The van der Waals surface area contributed by atoms with E-state index in [0.29, 0.717) is 11.8 Å². The van der Waals surface area contributed by atoms with Gasteiger partial charge < -0.3 is 5.11 Å². The molecule has 2 aliphatic rings. The van der Waals surface area contributed by atoms with Gasteiger partial charge in [-0.15, -0.1) is 0 Å². The van der Waals surface area contributed by atoms with Crippen molar-refractivity contribution in [1.29, 1.82) is 0 Å². The van der Waals surface area contributed by atoms with Gasteiger partial charge in [0, 0.05) is 25.0 Å². The van der Waals surface area contributed by atoms with Crippen LogP contribution in [0.25, 0.3) is 10.9 Å². The molecule has 4 heteroatoms. The minimum Gasteiger partial charge on any atom is -0.481 e. The monoisotopic (exact) mass is 324 g/mol. The fourth-order valence-electron chi connectivity index (χ4n) is 4.34. The van der Waals surface area contributed by atoms with E-state index in [1.165, 1.54) is 11.8 Å². The lowest BCUT2D eigenvalue weighted by atomic mass is 9.72. The zero-order valence-corrected chi connectivity index (χ0v) is 13.9. The summed E-state index contributed by atoms with van der Waals surface area (Å²) >= 11 is 0. The fourth-order valence-corrected chi connectivity index (χ4v) is 4.34. The summed E-state index contributed by atoms with van der Waals surface area (Å²) in [6.07, 6.45) is 4.02. The van der Waals surface area contributed by atoms with Gasteiger partial charge in [0.25, 0.3) is 0 Å². The Morgan fingerprint density at radius 1 is 1.12 bits per heavy atom. The highest BCUT2D eigenvalue weighted by Crippen LogP contribution is 2.38. The van der Waals surface area contributed by atoms with Crippen molar-refractivity contribution < 1.29 is 9.90 Å². The van der Waals surface area contributed by atoms with Crippen LogP contribution in [0.15, 0.2) is 36.4 Å². The fraction of sp³-hybridized carbons (Fsp3) is 0.500. The van der Waals surface area contributed by atoms with Crippen LogP contribution in [0.2, 0.25) is 0 Å². The maximum absolute atomic E-state index is 11.2. The molecule has 4 rings (SSSR count). The molecule has 1 aromatic heterocycles. The van der Waals surface area contributed by atoms with Gasteiger partial charge >= 0.3 is 5.97 Å². The van der Waals surface area contributed by atoms with Crippen molar-refractivity contribution in [2.45, 2.75) is 32.2 Å². The Labute approximate surface area is 142 Å². The Kier molecular flexibility index (Phi) is 4.23. The van der Waals surface area contributed by atoms with Crippen LogP contribution in [0.3, 0.4) is 0 Å². The molecular formula is C20H24N2O2. The van der Waals surface area contributed by atoms with Crippen molar-refractivity contribution in [3.8, 4) is 0 Å². The third-order valence-electron chi connectivity index (χ3n) is 5.76. The molecule has 4 nitrogen and oxygen atoms in total. The maximum Gasteiger partial charge on any atom is 0.306 e. The second-order valence-electron chi connectivity index (χ2n) is 7.41. The van der Waals surface area contributed by atoms with Crippen molar-refractivity contribution in [2.75, 3.05) is 13.1 Å². The predicted molar refractivity (Wildman–Crippen MR) is 93.6 cm³/mol. The first-order chi connectivity index (χ1) is 11.7. The molecule has 2 unspecified atom stereocenters. The lowest BCUT2D eigenvalue weighted by molar-refractivity contribution is -0.144. The zero-order valence-electron chi connectivity index (χ0n) is 13.9. The van der Waals surface area contributed by atoms with E-state index in [-0.39, 0.29) is 5.92 Å². The Morgan fingerprint density at radius 2 is 1.96 bits per heavy atom. The van der Waals surface area contributed by atoms with E-state index in [1.54, 1.807) is 0 Å². The van der Waals surface area contributed by atoms with Crippen LogP contribution >= 0.6 is 0 Å². The first kappa shape index (κ1) is 15.6. The third-order valence-corrected chi connectivity index (χ3v) is 5.76. The molecule has 1 saturated heterocycles. The summed E-state index contributed by atoms with van der Waals surface area (Å²) in [6.45, 7) is 3.08. The molecule has 1 N–H and O–H groups in total. The molecule has 2 fully saturated rings. The number of nitrogens with zero attached hydrogens (tertiary/aromatic N) is 2. The number of hydrogen-bond donors (Lipinski definition) is 1. The number of aliphatic carboxylic acids is 1. The van der Waals surface area contributed by atoms with Gasteiger partial charge in [0.05, 0.1) is 17.1 Å². The van der Waals surface area contributed by atoms with Gasteiger partial charge in [-0.05, 0) is 36.8 Å². The predicted octanol–water partition coefficient (Wildman–Crippen LogP) is 3.56. The average molecular weight is 324 g/mol. The van der Waals surface area contributed by atoms with Crippen LogP contribution in [-0.4, -0.2) is 34.0 Å². The Hall–Kier alpha value is -1.94. The standard InChI is InChI=1S/C20H24N2O2/c23-20(24)16-6-3-5-15(10-16)17-11-22(12-17)13-18-9-8-14-4-1-2-7-19(14)21-18/h1-2,4,7-9,15-17H,3,5-6,10-13H2,(H,23,24). The molecule has 0 spiro atoms. The lowest BCUT2D eigenvalue weighted by Crippen LogP contribution is -2.50. The zero-order chi connectivity index (χ0) is 16.5. The molecule has 2 heterocycles. The number of fused-ring (bicyclic) bond motifs is 1. The third kappa shape index (κ3) is 3.16. The molecule has 0 amide bonds. The number of carbonyl (C=O) groups is 1. The van der Waals surface area contributed by atoms with Crippen molar-refractivity contribution >= 4 is 16.9 Å². The van der Waals surface area contributed by atoms with Crippen molar-refractivity contribution in [3.05, 3.63) is 42.1 Å². The Morgan fingerprint density at radius 3 is 2.79 bits per heavy atom. The molecule has 1 saturated carbocycles. The van der Waals surface area contributed by atoms with Crippen LogP contribution in [0.4, 0.5) is 0 Å². The first-order valence-corrected chi connectivity index (χ1v) is 8.99. The van der Waals surface area contributed by atoms with E-state index in [2.05, 4.69) is 29.2 Å². The highest BCUT2D eigenvalue weighted by molar-refractivity contribution is 5.78. The first-order valence-electron chi connectivity index (χ1n) is 8.99. The number of likely N-dealkylation sites (tertiary alicyclic amines) is 1. The molecule has 24 heavy (non-hydrogen) atoms. The molecule has 1 aromatic carbocycles. The second kappa shape index (κ2) is 6.52. The summed E-state index contributed by atoms with van der Waals surface area (Å²) in [6, 6.07) is 12.5. The van der Waals surface area contributed by atoms with Gasteiger partial charge in [0.1, 0.15) is 0 Å². The van der Waals surface area contributed by atoms with Gasteiger partial charge in [0.2, 0.25) is 0 Å². The Bertz CT molecular complexity index is 739. The number of carboxylic acids is 1. The van der Waals surface area contributed by atoms with E-state index in [4.69, 9.17) is 4.98 Å². The summed E-state index contributed by atoms with van der Waals surface area (Å²) in [5.74, 6) is 0.560. The number of rotatable bonds is 4. The summed E-state index contributed by atoms with van der Waals surface area (Å²) in [5.41, 5.74) is 2.18. The van der Waals surface area contributed by atoms with Crippen molar-refractivity contribution in [3.63, 3.8) is 0 Å². The van der Waals surface area contributed by atoms with Gasteiger partial charge in [-0.2, -0.15) is 0 Å². The SMILES string of the molecule is O=C(O)C1CCCC(C2CN(Cc3ccc4ccccc4n3)C2)C1. The van der Waals surface area contributed by atoms with E-state index in [1.807, 2.05) is 12.1 Å². The summed E-state index contributed by atoms with van der Waals surface area (Å²) in [5, 5.41) is 10.4. The van der Waals surface area contributed by atoms with Gasteiger partial charge in [0.15, 0.2) is 0 Å². The minimum atomic E-state index is -0.601. The number of benzene rings is 1. The number of hydrogen-bond acceptors (Lipinski definition) is 3. The van der Waals surface area contributed by atoms with E-state index < -0.39 is 5.97 Å². The summed E-state index contributed by atoms with van der Waals surface area (Å²) < 4.78 is 0. The second-order valence-corrected chi connectivity index (χ2v) is 7.41. The number of aromatic nitrogens is 1. The number of carboxylic acid groups (broad SMARTS) is 1. The normalized spacial score (nSPS) is 25.5. The largest absolute Gasteiger partial charge is 0.481 e. The minimum absolute atomic E-state index is 0.111. The molecule has 1 aliphatic heterocycles. The van der Waals surface area contributed by atoms with E-state index in [0.717, 1.165) is 50.1 Å². The van der Waals surface area contributed by atoms with Gasteiger partial charge in [-0.25, -0.2) is 0 Å². The van der Waals surface area contributed by atoms with Crippen LogP contribution in [0.5, 0.6) is 0 Å². The van der Waals surface area contributed by atoms with Crippen molar-refractivity contribution in [1.82, 2.24) is 9.88 Å². The van der Waals surface area contributed by atoms with Crippen LogP contribution in [0, 0.1) is 17.8 Å². The van der Waals surface area contributed by atoms with E-state index in [9.17, 15) is 9.90 Å². The summed E-state index contributed by atoms with van der Waals surface area (Å²) in [7, 11) is 0. The van der Waals surface area contributed by atoms with Gasteiger partial charge in [-0.1, -0.05) is 37.1 Å². The van der Waals surface area contributed by atoms with Crippen LogP contribution in [-0.2, 0) is 11.3 Å². The van der Waals surface area contributed by atoms with Crippen LogP contribution < -0.4 is 0 Å². The van der Waals surface area contributed by atoms with Crippen molar-refractivity contribution in [2.24, 2.45) is 17.8 Å². The molecular weight excluding hydrogens is 300 g/mol. The topological polar surface area (TPSA) is 53.4 Å². The Balaban J connectivity index is 1.33. The number of pyridine rings is 1. The summed E-state index contributed by atoms with van der Waals surface area (Å²) in [4.78, 5) is 18.4. The molecule has 126 valence electrons. The molecule has 0 radical (unpaired) electrons. The maximum atomic E-state index is 11.2. The molecule has 2 aromatic rings. The molecule has 2 atom stereocenters. The van der Waals surface area contributed by atoms with Crippen LogP contribution in [0.1, 0.15) is 31.4 Å². The highest BCUT2D eigenvalue weighted by Gasteiger charge is 2.37. The smallest absolute Gasteiger partial charge is 0.306 e. The van der Waals surface area contributed by atoms with Gasteiger partial charge in [-0.3, -0.25) is 14.7 Å².